The molecule has 2 heterocycles. The molecule has 2 amide bonds. The maximum atomic E-state index is 12.7. The largest absolute Gasteiger partial charge is 0.349 e. The van der Waals surface area contributed by atoms with Crippen LogP contribution in [0.4, 0.5) is 11.5 Å². The van der Waals surface area contributed by atoms with Crippen molar-refractivity contribution in [1.82, 2.24) is 9.88 Å². The summed E-state index contributed by atoms with van der Waals surface area (Å²) < 4.78 is 0. The molecule has 30 heavy (non-hydrogen) atoms. The zero-order chi connectivity index (χ0) is 21.8. The van der Waals surface area contributed by atoms with E-state index in [0.717, 1.165) is 54.7 Å². The molecule has 1 aliphatic rings. The molecule has 160 valence electrons. The van der Waals surface area contributed by atoms with E-state index in [9.17, 15) is 9.59 Å². The van der Waals surface area contributed by atoms with Crippen molar-refractivity contribution in [2.45, 2.75) is 40.0 Å². The first-order valence-electron chi connectivity index (χ1n) is 10.3. The van der Waals surface area contributed by atoms with E-state index in [1.54, 1.807) is 24.2 Å². The topological polar surface area (TPSA) is 65.5 Å². The van der Waals surface area contributed by atoms with Gasteiger partial charge in [0.15, 0.2) is 0 Å². The second-order valence-electron chi connectivity index (χ2n) is 8.06. The molecule has 1 N–H and O–H groups in total. The monoisotopic (exact) mass is 428 g/mol. The molecule has 0 unspecified atom stereocenters. The Kier molecular flexibility index (Phi) is 6.98. The lowest BCUT2D eigenvalue weighted by atomic mass is 10.1. The number of piperidine rings is 1. The third kappa shape index (κ3) is 5.11. The van der Waals surface area contributed by atoms with E-state index in [1.807, 2.05) is 37.8 Å². The summed E-state index contributed by atoms with van der Waals surface area (Å²) in [4.78, 5) is 33.1. The summed E-state index contributed by atoms with van der Waals surface area (Å²) in [5.74, 6) is 0.277. The fraction of sp³-hybridized carbons (Fsp3) is 0.435. The lowest BCUT2D eigenvalue weighted by molar-refractivity contribution is -0.114. The first-order valence-corrected chi connectivity index (χ1v) is 10.7. The molecular formula is C23H29ClN4O2. The molecule has 6 nitrogen and oxygen atoms in total. The van der Waals surface area contributed by atoms with Crippen molar-refractivity contribution < 1.29 is 9.59 Å². The number of carbonyl (C=O) groups is 2. The van der Waals surface area contributed by atoms with Gasteiger partial charge >= 0.3 is 0 Å². The highest BCUT2D eigenvalue weighted by molar-refractivity contribution is 6.33. The van der Waals surface area contributed by atoms with Crippen LogP contribution in [-0.4, -0.2) is 48.4 Å². The summed E-state index contributed by atoms with van der Waals surface area (Å²) in [7, 11) is 1.76. The molecule has 3 rings (SSSR count). The average molecular weight is 429 g/mol. The zero-order valence-electron chi connectivity index (χ0n) is 18.1. The van der Waals surface area contributed by atoms with Gasteiger partial charge in [-0.25, -0.2) is 4.98 Å². The Hall–Kier alpha value is -2.60. The first-order chi connectivity index (χ1) is 14.3. The van der Waals surface area contributed by atoms with E-state index < -0.39 is 0 Å². The maximum Gasteiger partial charge on any atom is 0.255 e. The van der Waals surface area contributed by atoms with Gasteiger partial charge < -0.3 is 15.1 Å². The molecule has 1 aromatic heterocycles. The first kappa shape index (κ1) is 22.1. The molecule has 0 aliphatic carbocycles. The number of nitrogens with zero attached hydrogens (tertiary/aromatic N) is 3. The lowest BCUT2D eigenvalue weighted by Crippen LogP contribution is -2.35. The SMILES string of the molecule is Cc1cc(C)c(NC(=O)CN(C)c2ncc(C(=O)N3CCCCC3)cc2Cl)c(C)c1. The van der Waals surface area contributed by atoms with E-state index in [-0.39, 0.29) is 18.4 Å². The van der Waals surface area contributed by atoms with Gasteiger partial charge in [0.2, 0.25) is 5.91 Å². The van der Waals surface area contributed by atoms with Crippen LogP contribution in [0, 0.1) is 20.8 Å². The van der Waals surface area contributed by atoms with E-state index in [0.29, 0.717) is 16.4 Å². The number of likely N-dealkylation sites (tertiary alicyclic amines) is 1. The summed E-state index contributed by atoms with van der Waals surface area (Å²) in [6.07, 6.45) is 4.77. The van der Waals surface area contributed by atoms with E-state index >= 15 is 0 Å². The Balaban J connectivity index is 1.67. The highest BCUT2D eigenvalue weighted by Crippen LogP contribution is 2.25. The second-order valence-corrected chi connectivity index (χ2v) is 8.47. The Bertz CT molecular complexity index is 931. The maximum absolute atomic E-state index is 12.7. The van der Waals surface area contributed by atoms with Crippen LogP contribution in [0.25, 0.3) is 0 Å². The number of likely N-dealkylation sites (N-methyl/N-ethyl adjacent to an activating group) is 1. The van der Waals surface area contributed by atoms with Crippen molar-refractivity contribution in [1.29, 1.82) is 0 Å². The third-order valence-corrected chi connectivity index (χ3v) is 5.67. The van der Waals surface area contributed by atoms with Crippen LogP contribution in [-0.2, 0) is 4.79 Å². The van der Waals surface area contributed by atoms with Gasteiger partial charge in [0, 0.05) is 32.0 Å². The van der Waals surface area contributed by atoms with Gasteiger partial charge in [-0.3, -0.25) is 9.59 Å². The van der Waals surface area contributed by atoms with Crippen molar-refractivity contribution in [3.63, 3.8) is 0 Å². The minimum atomic E-state index is -0.154. The highest BCUT2D eigenvalue weighted by Gasteiger charge is 2.21. The molecule has 1 aromatic carbocycles. The molecule has 1 saturated heterocycles. The van der Waals surface area contributed by atoms with Gasteiger partial charge in [-0.2, -0.15) is 0 Å². The van der Waals surface area contributed by atoms with Crippen molar-refractivity contribution >= 4 is 34.9 Å². The fourth-order valence-electron chi connectivity index (χ4n) is 3.95. The molecule has 0 bridgehead atoms. The zero-order valence-corrected chi connectivity index (χ0v) is 18.8. The van der Waals surface area contributed by atoms with Crippen LogP contribution in [0.5, 0.6) is 0 Å². The Morgan fingerprint density at radius 1 is 1.10 bits per heavy atom. The Morgan fingerprint density at radius 2 is 1.73 bits per heavy atom. The van der Waals surface area contributed by atoms with Crippen LogP contribution >= 0.6 is 11.6 Å². The number of aromatic nitrogens is 1. The number of aryl methyl sites for hydroxylation is 3. The van der Waals surface area contributed by atoms with Crippen LogP contribution in [0.2, 0.25) is 5.02 Å². The average Bonchev–Trinajstić information content (AvgIpc) is 2.70. The lowest BCUT2D eigenvalue weighted by Gasteiger charge is -2.27. The molecule has 0 spiro atoms. The van der Waals surface area contributed by atoms with Crippen molar-refractivity contribution in [2.75, 3.05) is 36.9 Å². The molecule has 1 aliphatic heterocycles. The van der Waals surface area contributed by atoms with Gasteiger partial charge in [-0.15, -0.1) is 0 Å². The van der Waals surface area contributed by atoms with Gasteiger partial charge in [0.1, 0.15) is 5.82 Å². The number of carbonyl (C=O) groups excluding carboxylic acids is 2. The van der Waals surface area contributed by atoms with Gasteiger partial charge in [0.25, 0.3) is 5.91 Å². The second kappa shape index (κ2) is 9.47. The smallest absolute Gasteiger partial charge is 0.255 e. The summed E-state index contributed by atoms with van der Waals surface area (Å²) in [5, 5.41) is 3.34. The number of nitrogens with one attached hydrogen (secondary N) is 1. The number of halogens is 1. The minimum absolute atomic E-state index is 0.0404. The van der Waals surface area contributed by atoms with Crippen LogP contribution in [0.15, 0.2) is 24.4 Å². The number of hydrogen-bond acceptors (Lipinski definition) is 4. The number of anilines is 2. The predicted octanol–water partition coefficient (Wildman–Crippen LogP) is 4.36. The van der Waals surface area contributed by atoms with E-state index in [2.05, 4.69) is 10.3 Å². The normalized spacial score (nSPS) is 13.8. The van der Waals surface area contributed by atoms with Gasteiger partial charge in [-0.1, -0.05) is 29.3 Å². The molecule has 2 aromatic rings. The quantitative estimate of drug-likeness (QED) is 0.768. The van der Waals surface area contributed by atoms with Crippen LogP contribution in [0.1, 0.15) is 46.3 Å². The van der Waals surface area contributed by atoms with Crippen molar-refractivity contribution in [3.05, 3.63) is 51.7 Å². The van der Waals surface area contributed by atoms with Crippen molar-refractivity contribution in [2.24, 2.45) is 0 Å². The summed E-state index contributed by atoms with van der Waals surface area (Å²) in [6.45, 7) is 7.64. The molecular weight excluding hydrogens is 400 g/mol. The number of hydrogen-bond donors (Lipinski definition) is 1. The summed E-state index contributed by atoms with van der Waals surface area (Å²) in [5.41, 5.74) is 4.53. The number of pyridine rings is 1. The summed E-state index contributed by atoms with van der Waals surface area (Å²) in [6, 6.07) is 5.73. The molecule has 7 heteroatoms. The van der Waals surface area contributed by atoms with Gasteiger partial charge in [0.05, 0.1) is 17.1 Å². The van der Waals surface area contributed by atoms with Crippen LogP contribution < -0.4 is 10.2 Å². The molecule has 0 radical (unpaired) electrons. The molecule has 1 fully saturated rings. The Labute approximate surface area is 183 Å². The molecule has 0 saturated carbocycles. The summed E-state index contributed by atoms with van der Waals surface area (Å²) >= 11 is 6.41. The number of rotatable bonds is 5. The highest BCUT2D eigenvalue weighted by atomic mass is 35.5. The fourth-order valence-corrected chi connectivity index (χ4v) is 4.27. The van der Waals surface area contributed by atoms with E-state index in [1.165, 1.54) is 0 Å². The standard InChI is InChI=1S/C23H29ClN4O2/c1-15-10-16(2)21(17(3)11-15)26-20(29)14-27(4)22-19(24)12-18(13-25-22)23(30)28-8-6-5-7-9-28/h10-13H,5-9,14H2,1-4H3,(H,26,29). The van der Waals surface area contributed by atoms with Gasteiger partial charge in [-0.05, 0) is 57.2 Å². The van der Waals surface area contributed by atoms with E-state index in [4.69, 9.17) is 11.6 Å². The minimum Gasteiger partial charge on any atom is -0.349 e. The third-order valence-electron chi connectivity index (χ3n) is 5.40. The predicted molar refractivity (Wildman–Crippen MR) is 122 cm³/mol. The van der Waals surface area contributed by atoms with Crippen molar-refractivity contribution in [3.8, 4) is 0 Å². The Morgan fingerprint density at radius 3 is 2.33 bits per heavy atom. The molecule has 0 atom stereocenters. The van der Waals surface area contributed by atoms with Crippen LogP contribution in [0.3, 0.4) is 0 Å². The number of benzene rings is 1. The number of amides is 2.